The second kappa shape index (κ2) is 4.78. The molecule has 0 saturated heterocycles. The van der Waals surface area contributed by atoms with Crippen LogP contribution in [0.3, 0.4) is 0 Å². The Morgan fingerprint density at radius 3 is 3.00 bits per heavy atom. The minimum absolute atomic E-state index is 0.0974. The van der Waals surface area contributed by atoms with Gasteiger partial charge in [0, 0.05) is 17.2 Å². The lowest BCUT2D eigenvalue weighted by molar-refractivity contribution is 0.397. The predicted octanol–water partition coefficient (Wildman–Crippen LogP) is 4.30. The molecule has 1 aliphatic rings. The fourth-order valence-electron chi connectivity index (χ4n) is 3.42. The molecule has 0 bridgehead atoms. The van der Waals surface area contributed by atoms with Gasteiger partial charge in [-0.05, 0) is 41.6 Å². The maximum Gasteiger partial charge on any atom is 0.0842 e. The summed E-state index contributed by atoms with van der Waals surface area (Å²) in [5, 5.41) is 6.69. The zero-order valence-electron chi connectivity index (χ0n) is 13.1. The average Bonchev–Trinajstić information content (AvgIpc) is 3.16. The molecule has 3 aromatic rings. The van der Waals surface area contributed by atoms with Gasteiger partial charge in [-0.3, -0.25) is 4.99 Å². The number of rotatable bonds is 2. The van der Waals surface area contributed by atoms with Crippen LogP contribution in [0.4, 0.5) is 0 Å². The highest BCUT2D eigenvalue weighted by atomic mass is 32.1. The molecule has 0 radical (unpaired) electrons. The van der Waals surface area contributed by atoms with Gasteiger partial charge in [-0.25, -0.2) is 4.52 Å². The minimum atomic E-state index is 0.0974. The summed E-state index contributed by atoms with van der Waals surface area (Å²) in [4.78, 5) is 6.40. The molecule has 4 heteroatoms. The number of aromatic nitrogens is 2. The molecule has 0 spiro atoms. The molecule has 3 nitrogen and oxygen atoms in total. The molecule has 1 unspecified atom stereocenters. The third-order valence-corrected chi connectivity index (χ3v) is 5.66. The fraction of sp³-hybridized carbons (Fsp3) is 0.333. The van der Waals surface area contributed by atoms with Crippen LogP contribution in [0.25, 0.3) is 5.52 Å². The highest BCUT2D eigenvalue weighted by Gasteiger charge is 2.37. The average molecular weight is 309 g/mol. The lowest BCUT2D eigenvalue weighted by atomic mass is 9.74. The first-order valence-electron chi connectivity index (χ1n) is 7.71. The highest BCUT2D eigenvalue weighted by Crippen LogP contribution is 2.41. The molecule has 0 fully saturated rings. The van der Waals surface area contributed by atoms with Crippen molar-refractivity contribution in [3.63, 3.8) is 0 Å². The van der Waals surface area contributed by atoms with E-state index in [9.17, 15) is 0 Å². The minimum Gasteiger partial charge on any atom is -0.279 e. The van der Waals surface area contributed by atoms with Crippen molar-refractivity contribution in [2.24, 2.45) is 4.99 Å². The first-order chi connectivity index (χ1) is 10.6. The van der Waals surface area contributed by atoms with Crippen molar-refractivity contribution in [3.05, 3.63) is 58.0 Å². The van der Waals surface area contributed by atoms with Crippen LogP contribution in [0, 0.1) is 0 Å². The van der Waals surface area contributed by atoms with E-state index in [1.807, 2.05) is 23.0 Å². The molecular weight excluding hydrogens is 290 g/mol. The van der Waals surface area contributed by atoms with E-state index in [1.54, 1.807) is 11.3 Å². The summed E-state index contributed by atoms with van der Waals surface area (Å²) in [6, 6.07) is 8.85. The molecular formula is C18H19N3S. The van der Waals surface area contributed by atoms with E-state index in [4.69, 9.17) is 4.99 Å². The molecule has 4 rings (SSSR count). The van der Waals surface area contributed by atoms with E-state index in [-0.39, 0.29) is 5.41 Å². The molecule has 1 aliphatic heterocycles. The summed E-state index contributed by atoms with van der Waals surface area (Å²) < 4.78 is 1.89. The topological polar surface area (TPSA) is 29.7 Å². The summed E-state index contributed by atoms with van der Waals surface area (Å²) in [7, 11) is 0. The molecule has 22 heavy (non-hydrogen) atoms. The predicted molar refractivity (Wildman–Crippen MR) is 92.3 cm³/mol. The first-order valence-corrected chi connectivity index (χ1v) is 8.59. The van der Waals surface area contributed by atoms with Gasteiger partial charge in [-0.2, -0.15) is 5.10 Å². The molecule has 0 aliphatic carbocycles. The van der Waals surface area contributed by atoms with Gasteiger partial charge in [0.2, 0.25) is 0 Å². The van der Waals surface area contributed by atoms with E-state index in [2.05, 4.69) is 49.4 Å². The van der Waals surface area contributed by atoms with Crippen LogP contribution in [0.5, 0.6) is 0 Å². The van der Waals surface area contributed by atoms with E-state index in [0.29, 0.717) is 6.04 Å². The van der Waals surface area contributed by atoms with E-state index >= 15 is 0 Å². The molecule has 3 aromatic heterocycles. The van der Waals surface area contributed by atoms with Crippen LogP contribution < -0.4 is 0 Å². The maximum absolute atomic E-state index is 5.11. The number of hydrogen-bond donors (Lipinski definition) is 0. The zero-order valence-corrected chi connectivity index (χ0v) is 13.9. The lowest BCUT2D eigenvalue weighted by Crippen LogP contribution is -2.37. The highest BCUT2D eigenvalue weighted by molar-refractivity contribution is 7.12. The van der Waals surface area contributed by atoms with Crippen molar-refractivity contribution >= 4 is 22.6 Å². The van der Waals surface area contributed by atoms with Crippen molar-refractivity contribution in [1.29, 1.82) is 0 Å². The largest absolute Gasteiger partial charge is 0.279 e. The molecule has 0 saturated carbocycles. The maximum atomic E-state index is 5.11. The summed E-state index contributed by atoms with van der Waals surface area (Å²) in [5.74, 6) is 0. The van der Waals surface area contributed by atoms with Crippen molar-refractivity contribution in [2.75, 3.05) is 0 Å². The molecule has 4 heterocycles. The first kappa shape index (κ1) is 13.7. The Morgan fingerprint density at radius 2 is 2.18 bits per heavy atom. The number of hydrogen-bond acceptors (Lipinski definition) is 3. The second-order valence-corrected chi connectivity index (χ2v) is 7.32. The number of aliphatic imine (C=N–C) groups is 1. The Labute approximate surface area is 134 Å². The van der Waals surface area contributed by atoms with Crippen LogP contribution in [0.15, 0.2) is 47.0 Å². The monoisotopic (exact) mass is 309 g/mol. The van der Waals surface area contributed by atoms with E-state index in [1.165, 1.54) is 10.4 Å². The molecule has 0 N–H and O–H groups in total. The van der Waals surface area contributed by atoms with Gasteiger partial charge in [-0.15, -0.1) is 11.3 Å². The van der Waals surface area contributed by atoms with Crippen molar-refractivity contribution in [3.8, 4) is 0 Å². The van der Waals surface area contributed by atoms with Crippen LogP contribution in [-0.2, 0) is 5.41 Å². The van der Waals surface area contributed by atoms with Gasteiger partial charge in [0.1, 0.15) is 0 Å². The van der Waals surface area contributed by atoms with Crippen LogP contribution in [0.2, 0.25) is 0 Å². The van der Waals surface area contributed by atoms with Crippen molar-refractivity contribution < 1.29 is 0 Å². The smallest absolute Gasteiger partial charge is 0.0842 e. The zero-order chi connectivity index (χ0) is 15.3. The van der Waals surface area contributed by atoms with Crippen molar-refractivity contribution in [2.45, 2.75) is 38.6 Å². The Balaban J connectivity index is 1.92. The van der Waals surface area contributed by atoms with Gasteiger partial charge in [-0.1, -0.05) is 20.8 Å². The van der Waals surface area contributed by atoms with Gasteiger partial charge in [0.05, 0.1) is 28.3 Å². The fourth-order valence-corrected chi connectivity index (χ4v) is 4.50. The molecule has 112 valence electrons. The molecule has 0 amide bonds. The number of fused-ring (bicyclic) bond motifs is 2. The number of thiophene rings is 1. The van der Waals surface area contributed by atoms with E-state index < -0.39 is 0 Å². The van der Waals surface area contributed by atoms with Crippen LogP contribution >= 0.6 is 11.3 Å². The standard InChI is InChI=1S/C18H19N3S/c1-4-15-18(2,3)14-7-9-22-17(14)16(20-15)12-10-13-6-5-8-21(13)19-11-12/h5-11,15H,4H2,1-3H3. The van der Waals surface area contributed by atoms with Crippen LogP contribution in [0.1, 0.15) is 43.2 Å². The Hall–Kier alpha value is -1.94. The van der Waals surface area contributed by atoms with Crippen LogP contribution in [-0.4, -0.2) is 21.4 Å². The second-order valence-electron chi connectivity index (χ2n) is 6.41. The lowest BCUT2D eigenvalue weighted by Gasteiger charge is -2.36. The third-order valence-electron chi connectivity index (χ3n) is 4.74. The SMILES string of the molecule is CCC1N=C(c2cnn3cccc3c2)c2sccc2C1(C)C. The summed E-state index contributed by atoms with van der Waals surface area (Å²) in [6.07, 6.45) is 4.95. The third kappa shape index (κ3) is 1.87. The molecule has 1 atom stereocenters. The van der Waals surface area contributed by atoms with Gasteiger partial charge < -0.3 is 0 Å². The van der Waals surface area contributed by atoms with Crippen molar-refractivity contribution in [1.82, 2.24) is 9.61 Å². The van der Waals surface area contributed by atoms with E-state index in [0.717, 1.165) is 23.2 Å². The Bertz CT molecular complexity index is 869. The summed E-state index contributed by atoms with van der Waals surface area (Å²) >= 11 is 1.79. The normalized spacial score (nSPS) is 20.0. The summed E-state index contributed by atoms with van der Waals surface area (Å²) in [6.45, 7) is 6.84. The van der Waals surface area contributed by atoms with Gasteiger partial charge in [0.25, 0.3) is 0 Å². The quantitative estimate of drug-likeness (QED) is 0.694. The number of nitrogens with zero attached hydrogens (tertiary/aromatic N) is 3. The Kier molecular flexibility index (Phi) is 2.98. The van der Waals surface area contributed by atoms with Gasteiger partial charge in [0.15, 0.2) is 0 Å². The molecule has 0 aromatic carbocycles. The summed E-state index contributed by atoms with van der Waals surface area (Å²) in [5.41, 5.74) is 4.84. The Morgan fingerprint density at radius 1 is 1.32 bits per heavy atom. The van der Waals surface area contributed by atoms with Gasteiger partial charge >= 0.3 is 0 Å².